The number of amides is 1. The second kappa shape index (κ2) is 6.79. The number of carbonyl (C=O) groups is 2. The highest BCUT2D eigenvalue weighted by Gasteiger charge is 2.37. The summed E-state index contributed by atoms with van der Waals surface area (Å²) < 4.78 is 0. The Balaban J connectivity index is 1.41. The van der Waals surface area contributed by atoms with Gasteiger partial charge in [-0.1, -0.05) is 0 Å². The van der Waals surface area contributed by atoms with Crippen LogP contribution in [-0.4, -0.2) is 47.1 Å². The first-order valence-electron chi connectivity index (χ1n) is 7.86. The summed E-state index contributed by atoms with van der Waals surface area (Å²) in [5.74, 6) is -0.00833. The number of carboxylic acid groups (broad SMARTS) is 1. The minimum absolute atomic E-state index is 0.0637. The first-order valence-corrected chi connectivity index (χ1v) is 8.80. The molecule has 0 unspecified atom stereocenters. The number of aliphatic carboxylic acids is 1. The van der Waals surface area contributed by atoms with E-state index in [4.69, 9.17) is 5.11 Å². The summed E-state index contributed by atoms with van der Waals surface area (Å²) in [5, 5.41) is 16.1. The van der Waals surface area contributed by atoms with E-state index in [1.165, 1.54) is 12.8 Å². The molecular formula is C16H22N2O3S. The van der Waals surface area contributed by atoms with Crippen molar-refractivity contribution < 1.29 is 14.7 Å². The van der Waals surface area contributed by atoms with Gasteiger partial charge in [-0.05, 0) is 54.0 Å². The lowest BCUT2D eigenvalue weighted by molar-refractivity contribution is -0.140. The molecule has 1 heterocycles. The van der Waals surface area contributed by atoms with Crippen LogP contribution in [0.15, 0.2) is 16.8 Å². The van der Waals surface area contributed by atoms with Gasteiger partial charge in [0, 0.05) is 18.6 Å². The molecule has 2 aliphatic rings. The van der Waals surface area contributed by atoms with Gasteiger partial charge in [0.2, 0.25) is 5.91 Å². The van der Waals surface area contributed by atoms with Gasteiger partial charge in [-0.3, -0.25) is 14.5 Å². The van der Waals surface area contributed by atoms with Crippen molar-refractivity contribution in [3.63, 3.8) is 0 Å². The molecule has 6 heteroatoms. The minimum Gasteiger partial charge on any atom is -0.480 e. The first-order chi connectivity index (χ1) is 10.6. The predicted octanol–water partition coefficient (Wildman–Crippen LogP) is 1.73. The van der Waals surface area contributed by atoms with Gasteiger partial charge in [0.1, 0.15) is 0 Å². The van der Waals surface area contributed by atoms with Crippen LogP contribution in [0.2, 0.25) is 0 Å². The van der Waals surface area contributed by atoms with Crippen LogP contribution in [0, 0.1) is 5.92 Å². The summed E-state index contributed by atoms with van der Waals surface area (Å²) >= 11 is 1.60. The fourth-order valence-electron chi connectivity index (χ4n) is 3.01. The average molecular weight is 322 g/mol. The SMILES string of the molecule is O=C(O)CN(CC1CC1)C1CC(NC(=O)Cc2ccsc2)C1. The van der Waals surface area contributed by atoms with Crippen molar-refractivity contribution in [2.24, 2.45) is 5.92 Å². The van der Waals surface area contributed by atoms with E-state index in [0.717, 1.165) is 24.9 Å². The number of carboxylic acids is 1. The summed E-state index contributed by atoms with van der Waals surface area (Å²) in [6.45, 7) is 1.02. The highest BCUT2D eigenvalue weighted by atomic mass is 32.1. The molecule has 1 aromatic heterocycles. The third-order valence-electron chi connectivity index (χ3n) is 4.47. The van der Waals surface area contributed by atoms with Crippen LogP contribution >= 0.6 is 11.3 Å². The molecule has 2 saturated carbocycles. The molecule has 0 atom stereocenters. The van der Waals surface area contributed by atoms with Crippen LogP contribution in [0.25, 0.3) is 0 Å². The van der Waals surface area contributed by atoms with Crippen molar-refractivity contribution in [3.05, 3.63) is 22.4 Å². The van der Waals surface area contributed by atoms with Crippen LogP contribution in [0.1, 0.15) is 31.2 Å². The molecule has 0 spiro atoms. The van der Waals surface area contributed by atoms with Gasteiger partial charge < -0.3 is 10.4 Å². The lowest BCUT2D eigenvalue weighted by Crippen LogP contribution is -2.55. The summed E-state index contributed by atoms with van der Waals surface area (Å²) in [6.07, 6.45) is 4.63. The molecule has 5 nitrogen and oxygen atoms in total. The monoisotopic (exact) mass is 322 g/mol. The summed E-state index contributed by atoms with van der Waals surface area (Å²) in [4.78, 5) is 25.0. The van der Waals surface area contributed by atoms with Crippen molar-refractivity contribution in [2.75, 3.05) is 13.1 Å². The van der Waals surface area contributed by atoms with Crippen LogP contribution in [0.3, 0.4) is 0 Å². The highest BCUT2D eigenvalue weighted by Crippen LogP contribution is 2.33. The molecule has 2 aliphatic carbocycles. The Morgan fingerprint density at radius 3 is 2.73 bits per heavy atom. The zero-order valence-electron chi connectivity index (χ0n) is 12.5. The van der Waals surface area contributed by atoms with Gasteiger partial charge in [-0.2, -0.15) is 11.3 Å². The van der Waals surface area contributed by atoms with E-state index in [0.29, 0.717) is 18.4 Å². The first kappa shape index (κ1) is 15.5. The average Bonchev–Trinajstić information content (AvgIpc) is 3.07. The molecule has 1 aromatic rings. The van der Waals surface area contributed by atoms with Crippen molar-refractivity contribution >= 4 is 23.2 Å². The minimum atomic E-state index is -0.759. The lowest BCUT2D eigenvalue weighted by atomic mass is 9.85. The van der Waals surface area contributed by atoms with Crippen molar-refractivity contribution in [1.82, 2.24) is 10.2 Å². The molecule has 0 bridgehead atoms. The molecule has 22 heavy (non-hydrogen) atoms. The molecule has 0 aromatic carbocycles. The number of nitrogens with one attached hydrogen (secondary N) is 1. The molecule has 120 valence electrons. The van der Waals surface area contributed by atoms with Gasteiger partial charge in [0.25, 0.3) is 0 Å². The zero-order chi connectivity index (χ0) is 15.5. The number of carbonyl (C=O) groups excluding carboxylic acids is 1. The Morgan fingerprint density at radius 1 is 1.36 bits per heavy atom. The van der Waals surface area contributed by atoms with Crippen LogP contribution in [0.4, 0.5) is 0 Å². The third kappa shape index (κ3) is 4.30. The molecule has 2 fully saturated rings. The predicted molar refractivity (Wildman–Crippen MR) is 84.9 cm³/mol. The molecule has 2 N–H and O–H groups in total. The molecule has 0 saturated heterocycles. The number of hydrogen-bond donors (Lipinski definition) is 2. The van der Waals surface area contributed by atoms with Gasteiger partial charge in [0.15, 0.2) is 0 Å². The third-order valence-corrected chi connectivity index (χ3v) is 5.20. The maximum atomic E-state index is 11.9. The number of thiophene rings is 1. The fourth-order valence-corrected chi connectivity index (χ4v) is 3.68. The van der Waals surface area contributed by atoms with E-state index in [1.807, 2.05) is 16.8 Å². The van der Waals surface area contributed by atoms with Crippen molar-refractivity contribution in [1.29, 1.82) is 0 Å². The number of hydrogen-bond acceptors (Lipinski definition) is 4. The molecular weight excluding hydrogens is 300 g/mol. The topological polar surface area (TPSA) is 69.6 Å². The second-order valence-corrected chi connectivity index (χ2v) is 7.24. The van der Waals surface area contributed by atoms with E-state index < -0.39 is 5.97 Å². The molecule has 0 aliphatic heterocycles. The van der Waals surface area contributed by atoms with Crippen LogP contribution < -0.4 is 5.32 Å². The van der Waals surface area contributed by atoms with Gasteiger partial charge in [-0.15, -0.1) is 0 Å². The maximum absolute atomic E-state index is 11.9. The zero-order valence-corrected chi connectivity index (χ0v) is 13.3. The largest absolute Gasteiger partial charge is 0.480 e. The Hall–Kier alpha value is -1.40. The molecule has 3 rings (SSSR count). The Kier molecular flexibility index (Phi) is 4.78. The van der Waals surface area contributed by atoms with E-state index in [9.17, 15) is 9.59 Å². The van der Waals surface area contributed by atoms with E-state index >= 15 is 0 Å². The van der Waals surface area contributed by atoms with Crippen LogP contribution in [-0.2, 0) is 16.0 Å². The molecule has 0 radical (unpaired) electrons. The smallest absolute Gasteiger partial charge is 0.317 e. The summed E-state index contributed by atoms with van der Waals surface area (Å²) in [6, 6.07) is 2.48. The van der Waals surface area contributed by atoms with Crippen LogP contribution in [0.5, 0.6) is 0 Å². The van der Waals surface area contributed by atoms with E-state index in [1.54, 1.807) is 11.3 Å². The van der Waals surface area contributed by atoms with E-state index in [2.05, 4.69) is 10.2 Å². The van der Waals surface area contributed by atoms with Gasteiger partial charge in [-0.25, -0.2) is 0 Å². The van der Waals surface area contributed by atoms with E-state index in [-0.39, 0.29) is 18.5 Å². The fraction of sp³-hybridized carbons (Fsp3) is 0.625. The quantitative estimate of drug-likeness (QED) is 0.765. The summed E-state index contributed by atoms with van der Waals surface area (Å²) in [7, 11) is 0. The normalized spacial score (nSPS) is 24.0. The number of nitrogens with zero attached hydrogens (tertiary/aromatic N) is 1. The lowest BCUT2D eigenvalue weighted by Gasteiger charge is -2.42. The summed E-state index contributed by atoms with van der Waals surface area (Å²) in [5.41, 5.74) is 1.06. The Labute approximate surface area is 134 Å². The van der Waals surface area contributed by atoms with Gasteiger partial charge in [0.05, 0.1) is 13.0 Å². The number of rotatable bonds is 8. The van der Waals surface area contributed by atoms with Crippen molar-refractivity contribution in [2.45, 2.75) is 44.2 Å². The maximum Gasteiger partial charge on any atom is 0.317 e. The molecule has 1 amide bonds. The Bertz CT molecular complexity index is 522. The highest BCUT2D eigenvalue weighted by molar-refractivity contribution is 7.07. The second-order valence-electron chi connectivity index (χ2n) is 6.46. The van der Waals surface area contributed by atoms with Crippen molar-refractivity contribution in [3.8, 4) is 0 Å². The van der Waals surface area contributed by atoms with Gasteiger partial charge >= 0.3 is 5.97 Å². The Morgan fingerprint density at radius 2 is 2.14 bits per heavy atom. The standard InChI is InChI=1S/C16H22N2O3S/c19-15(5-12-3-4-22-10-12)17-13-6-14(7-13)18(9-16(20)21)8-11-1-2-11/h3-4,10-11,13-14H,1-2,5-9H2,(H,17,19)(H,20,21).